The van der Waals surface area contributed by atoms with Crippen molar-refractivity contribution in [3.8, 4) is 17.1 Å². The topological polar surface area (TPSA) is 92.4 Å². The molecule has 0 amide bonds. The molecule has 0 aliphatic carbocycles. The summed E-state index contributed by atoms with van der Waals surface area (Å²) in [7, 11) is 0. The molecule has 2 aromatic carbocycles. The molecule has 4 saturated heterocycles. The Morgan fingerprint density at radius 2 is 1.76 bits per heavy atom. The lowest BCUT2D eigenvalue weighted by atomic mass is 9.94. The number of anilines is 2. The number of nitrogens with one attached hydrogen (secondary N) is 1. The third kappa shape index (κ3) is 4.74. The monoisotopic (exact) mass is 667 g/mol. The highest BCUT2D eigenvalue weighted by Gasteiger charge is 2.49. The highest BCUT2D eigenvalue weighted by molar-refractivity contribution is 7.22. The number of benzene rings is 2. The van der Waals surface area contributed by atoms with E-state index in [9.17, 15) is 22.0 Å². The molecular weight excluding hydrogens is 639 g/mol. The van der Waals surface area contributed by atoms with Crippen molar-refractivity contribution in [1.82, 2.24) is 25.2 Å². The average Bonchev–Trinajstić information content (AvgIpc) is 3.73. The van der Waals surface area contributed by atoms with Gasteiger partial charge in [-0.05, 0) is 38.3 Å². The van der Waals surface area contributed by atoms with Crippen LogP contribution in [0.4, 0.5) is 41.7 Å². The van der Waals surface area contributed by atoms with Gasteiger partial charge < -0.3 is 20.7 Å². The number of rotatable bonds is 5. The van der Waals surface area contributed by atoms with Gasteiger partial charge >= 0.3 is 12.2 Å². The molecule has 0 saturated carbocycles. The van der Waals surface area contributed by atoms with Gasteiger partial charge in [-0.1, -0.05) is 11.3 Å². The molecule has 16 heteroatoms. The molecule has 4 aromatic rings. The third-order valence-electron chi connectivity index (χ3n) is 9.78. The number of hydrogen-bond donors (Lipinski definition) is 2. The number of hydrogen-bond acceptors (Lipinski definition) is 9. The van der Waals surface area contributed by atoms with E-state index in [2.05, 4.69) is 20.3 Å². The minimum Gasteiger partial charge on any atom is -0.461 e. The maximum atomic E-state index is 16.8. The second kappa shape index (κ2) is 10.5. The number of nitrogens with zero attached hydrogens (tertiary/aromatic N) is 5. The number of piperazine rings is 1. The van der Waals surface area contributed by atoms with Crippen LogP contribution in [-0.2, 0) is 6.18 Å². The lowest BCUT2D eigenvalue weighted by Gasteiger charge is -2.35. The van der Waals surface area contributed by atoms with Gasteiger partial charge in [0.05, 0.1) is 21.3 Å². The van der Waals surface area contributed by atoms with E-state index in [-0.39, 0.29) is 58.7 Å². The molecule has 2 aromatic heterocycles. The maximum Gasteiger partial charge on any atom is 0.417 e. The minimum atomic E-state index is -5.16. The van der Waals surface area contributed by atoms with Gasteiger partial charge in [-0.15, -0.1) is 0 Å². The Labute approximate surface area is 261 Å². The molecule has 4 fully saturated rings. The van der Waals surface area contributed by atoms with E-state index >= 15 is 8.78 Å². The van der Waals surface area contributed by atoms with Crippen molar-refractivity contribution in [2.45, 2.75) is 62.1 Å². The third-order valence-corrected chi connectivity index (χ3v) is 10.7. The summed E-state index contributed by atoms with van der Waals surface area (Å²) in [5.41, 5.74) is 0.532. The van der Waals surface area contributed by atoms with E-state index in [4.69, 9.17) is 10.5 Å². The molecule has 4 aliphatic heterocycles. The number of thiazole rings is 1. The minimum absolute atomic E-state index is 0.00555. The van der Waals surface area contributed by atoms with E-state index in [1.165, 1.54) is 0 Å². The van der Waals surface area contributed by atoms with Crippen LogP contribution in [0.25, 0.3) is 32.2 Å². The summed E-state index contributed by atoms with van der Waals surface area (Å²) in [6.07, 6.45) is -2.70. The molecule has 2 unspecified atom stereocenters. The number of fused-ring (bicyclic) bond motifs is 5. The SMILES string of the molecule is Nc1nc2c(-c3c(C(F)(F)F)cc4c(N5CC6CCC(C5)N6)nc(OC[C@@]56CCCN5C[C@H](F)C6)nc4c3F)c(F)cc(F)c2s1. The van der Waals surface area contributed by atoms with Crippen LogP contribution in [0.3, 0.4) is 0 Å². The van der Waals surface area contributed by atoms with E-state index < -0.39 is 63.1 Å². The Morgan fingerprint density at radius 3 is 2.50 bits per heavy atom. The summed E-state index contributed by atoms with van der Waals surface area (Å²) in [4.78, 5) is 16.5. The number of nitrogens with two attached hydrogens (primary N) is 1. The zero-order chi connectivity index (χ0) is 32.1. The maximum absolute atomic E-state index is 16.8. The first-order chi connectivity index (χ1) is 21.9. The first-order valence-electron chi connectivity index (χ1n) is 15.1. The Hall–Kier alpha value is -3.50. The number of aromatic nitrogens is 3. The van der Waals surface area contributed by atoms with E-state index in [0.29, 0.717) is 49.5 Å². The predicted molar refractivity (Wildman–Crippen MR) is 158 cm³/mol. The van der Waals surface area contributed by atoms with Gasteiger partial charge in [0, 0.05) is 60.7 Å². The van der Waals surface area contributed by atoms with Gasteiger partial charge in [-0.3, -0.25) is 4.90 Å². The highest BCUT2D eigenvalue weighted by Crippen LogP contribution is 2.47. The van der Waals surface area contributed by atoms with Crippen LogP contribution >= 0.6 is 11.3 Å². The average molecular weight is 668 g/mol. The van der Waals surface area contributed by atoms with Crippen molar-refractivity contribution in [3.63, 3.8) is 0 Å². The number of alkyl halides is 4. The fourth-order valence-electron chi connectivity index (χ4n) is 7.85. The van der Waals surface area contributed by atoms with Crippen LogP contribution in [0.5, 0.6) is 6.01 Å². The molecule has 46 heavy (non-hydrogen) atoms. The normalized spacial score (nSPS) is 26.5. The van der Waals surface area contributed by atoms with Crippen molar-refractivity contribution < 1.29 is 35.5 Å². The molecule has 4 atom stereocenters. The second-order valence-corrected chi connectivity index (χ2v) is 13.7. The number of ether oxygens (including phenoxy) is 1. The zero-order valence-corrected chi connectivity index (χ0v) is 25.0. The molecular formula is C30H28F7N7OS. The van der Waals surface area contributed by atoms with Gasteiger partial charge in [0.2, 0.25) is 0 Å². The number of halogens is 7. The standard InChI is InChI=1S/C30H28F7N7OS/c31-13-8-29(4-1-5-44(29)9-13)12-45-28-41-23-16(26(42-28)43-10-14-2-3-15(11-43)39-14)6-17(30(35,36)37)20(22(23)34)21-18(32)7-19(33)25-24(21)40-27(38)46-25/h6-7,13-15,39H,1-5,8-12H2,(H2,38,40)/t13-,14?,15?,29+/m1/s1. The van der Waals surface area contributed by atoms with Gasteiger partial charge in [0.1, 0.15) is 35.7 Å². The summed E-state index contributed by atoms with van der Waals surface area (Å²) >= 11 is 0.607. The lowest BCUT2D eigenvalue weighted by molar-refractivity contribution is -0.137. The molecule has 0 spiro atoms. The second-order valence-electron chi connectivity index (χ2n) is 12.7. The largest absolute Gasteiger partial charge is 0.461 e. The van der Waals surface area contributed by atoms with Gasteiger partial charge in [0.25, 0.3) is 0 Å². The van der Waals surface area contributed by atoms with Gasteiger partial charge in [-0.2, -0.15) is 23.1 Å². The molecule has 244 valence electrons. The lowest BCUT2D eigenvalue weighted by Crippen LogP contribution is -2.51. The summed E-state index contributed by atoms with van der Waals surface area (Å²) < 4.78 is 111. The van der Waals surface area contributed by atoms with E-state index in [1.54, 1.807) is 4.90 Å². The number of nitrogen functional groups attached to an aromatic ring is 1. The van der Waals surface area contributed by atoms with E-state index in [0.717, 1.165) is 19.3 Å². The van der Waals surface area contributed by atoms with E-state index in [1.807, 2.05) is 4.90 Å². The molecule has 8 rings (SSSR count). The van der Waals surface area contributed by atoms with Crippen molar-refractivity contribution in [1.29, 1.82) is 0 Å². The Kier molecular flexibility index (Phi) is 6.82. The molecule has 0 radical (unpaired) electrons. The van der Waals surface area contributed by atoms with Crippen molar-refractivity contribution in [3.05, 3.63) is 35.1 Å². The van der Waals surface area contributed by atoms with Gasteiger partial charge in [0.15, 0.2) is 10.9 Å². The highest BCUT2D eigenvalue weighted by atomic mass is 32.1. The smallest absolute Gasteiger partial charge is 0.417 e. The molecule has 3 N–H and O–H groups in total. The van der Waals surface area contributed by atoms with Crippen LogP contribution in [0.2, 0.25) is 0 Å². The van der Waals surface area contributed by atoms with Crippen molar-refractivity contribution in [2.75, 3.05) is 43.4 Å². The summed E-state index contributed by atoms with van der Waals surface area (Å²) in [6, 6.07) is 0.929. The van der Waals surface area contributed by atoms with Crippen LogP contribution in [0.1, 0.15) is 37.7 Å². The molecule has 6 heterocycles. The summed E-state index contributed by atoms with van der Waals surface area (Å²) in [5.74, 6) is -3.96. The van der Waals surface area contributed by atoms with Crippen LogP contribution in [-0.4, -0.2) is 76.4 Å². The first kappa shape index (κ1) is 29.9. The predicted octanol–water partition coefficient (Wildman–Crippen LogP) is 5.82. The molecule has 8 nitrogen and oxygen atoms in total. The molecule has 4 aliphatic rings. The van der Waals surface area contributed by atoms with Crippen molar-refractivity contribution in [2.24, 2.45) is 0 Å². The Morgan fingerprint density at radius 1 is 1.00 bits per heavy atom. The Bertz CT molecular complexity index is 1870. The van der Waals surface area contributed by atoms with Crippen LogP contribution in [0, 0.1) is 17.5 Å². The fourth-order valence-corrected chi connectivity index (χ4v) is 8.60. The van der Waals surface area contributed by atoms with Crippen molar-refractivity contribution >= 4 is 43.4 Å². The summed E-state index contributed by atoms with van der Waals surface area (Å²) in [5, 5.41) is 2.99. The van der Waals surface area contributed by atoms with Crippen LogP contribution in [0.15, 0.2) is 12.1 Å². The quantitative estimate of drug-likeness (QED) is 0.258. The molecule has 2 bridgehead atoms. The van der Waals surface area contributed by atoms with Gasteiger partial charge in [-0.25, -0.2) is 22.5 Å². The zero-order valence-electron chi connectivity index (χ0n) is 24.2. The summed E-state index contributed by atoms with van der Waals surface area (Å²) in [6.45, 7) is 1.78. The Balaban J connectivity index is 1.34. The first-order valence-corrected chi connectivity index (χ1v) is 15.9. The van der Waals surface area contributed by atoms with Crippen LogP contribution < -0.4 is 20.7 Å². The fraction of sp³-hybridized carbons (Fsp3) is 0.500.